The van der Waals surface area contributed by atoms with Crippen molar-refractivity contribution in [3.63, 3.8) is 0 Å². The molecule has 2 aromatic rings. The van der Waals surface area contributed by atoms with Gasteiger partial charge in [0.05, 0.1) is 6.10 Å². The van der Waals surface area contributed by atoms with Crippen molar-refractivity contribution in [2.24, 2.45) is 0 Å². The highest BCUT2D eigenvalue weighted by Gasteiger charge is 2.14. The lowest BCUT2D eigenvalue weighted by atomic mass is 10.1. The van der Waals surface area contributed by atoms with Crippen LogP contribution in [0.2, 0.25) is 0 Å². The Morgan fingerprint density at radius 3 is 2.38 bits per heavy atom. The van der Waals surface area contributed by atoms with Gasteiger partial charge in [-0.1, -0.05) is 24.3 Å². The van der Waals surface area contributed by atoms with E-state index in [1.54, 1.807) is 30.1 Å². The van der Waals surface area contributed by atoms with Crippen molar-refractivity contribution in [1.82, 2.24) is 4.90 Å². The van der Waals surface area contributed by atoms with Gasteiger partial charge in [-0.25, -0.2) is 13.2 Å². The maximum absolute atomic E-state index is 13.5. The van der Waals surface area contributed by atoms with Crippen LogP contribution in [-0.2, 0) is 6.54 Å². The van der Waals surface area contributed by atoms with Crippen molar-refractivity contribution >= 4 is 0 Å². The van der Waals surface area contributed by atoms with Crippen LogP contribution in [0.5, 0.6) is 0 Å². The average molecular weight is 295 g/mol. The van der Waals surface area contributed by atoms with Gasteiger partial charge in [0.25, 0.3) is 0 Å². The fourth-order valence-electron chi connectivity index (χ4n) is 2.10. The second kappa shape index (κ2) is 6.74. The van der Waals surface area contributed by atoms with E-state index in [4.69, 9.17) is 0 Å². The van der Waals surface area contributed by atoms with Gasteiger partial charge in [-0.3, -0.25) is 4.90 Å². The Morgan fingerprint density at radius 1 is 1.00 bits per heavy atom. The van der Waals surface area contributed by atoms with E-state index in [1.165, 1.54) is 12.1 Å². The molecule has 0 amide bonds. The van der Waals surface area contributed by atoms with Crippen LogP contribution < -0.4 is 0 Å². The Hall–Kier alpha value is -1.85. The SMILES string of the molecule is CN(Cc1ccccc1F)CC(O)c1ccc(F)c(F)c1. The summed E-state index contributed by atoms with van der Waals surface area (Å²) in [7, 11) is 1.72. The number of nitrogens with zero attached hydrogens (tertiary/aromatic N) is 1. The highest BCUT2D eigenvalue weighted by atomic mass is 19.2. The summed E-state index contributed by atoms with van der Waals surface area (Å²) in [6.07, 6.45) is -0.975. The molecular weight excluding hydrogens is 279 g/mol. The minimum atomic E-state index is -0.997. The molecule has 0 radical (unpaired) electrons. The van der Waals surface area contributed by atoms with Crippen molar-refractivity contribution < 1.29 is 18.3 Å². The maximum Gasteiger partial charge on any atom is 0.159 e. The second-order valence-electron chi connectivity index (χ2n) is 4.98. The Labute approximate surface area is 121 Å². The quantitative estimate of drug-likeness (QED) is 0.915. The molecule has 0 fully saturated rings. The smallest absolute Gasteiger partial charge is 0.159 e. The molecule has 0 aliphatic heterocycles. The number of rotatable bonds is 5. The van der Waals surface area contributed by atoms with E-state index in [0.717, 1.165) is 12.1 Å². The van der Waals surface area contributed by atoms with Gasteiger partial charge in [-0.05, 0) is 30.8 Å². The van der Waals surface area contributed by atoms with E-state index in [-0.39, 0.29) is 17.9 Å². The molecule has 1 N–H and O–H groups in total. The monoisotopic (exact) mass is 295 g/mol. The molecule has 0 aliphatic carbocycles. The third kappa shape index (κ3) is 4.06. The fourth-order valence-corrected chi connectivity index (χ4v) is 2.10. The van der Waals surface area contributed by atoms with E-state index in [2.05, 4.69) is 0 Å². The molecule has 0 saturated carbocycles. The molecule has 0 heterocycles. The summed E-state index contributed by atoms with van der Waals surface area (Å²) in [5, 5.41) is 10.0. The van der Waals surface area contributed by atoms with Crippen LogP contribution in [0.4, 0.5) is 13.2 Å². The summed E-state index contributed by atoms with van der Waals surface area (Å²) in [5.74, 6) is -2.26. The third-order valence-electron chi connectivity index (χ3n) is 3.21. The second-order valence-corrected chi connectivity index (χ2v) is 4.98. The Bertz CT molecular complexity index is 618. The van der Waals surface area contributed by atoms with Crippen LogP contribution >= 0.6 is 0 Å². The first kappa shape index (κ1) is 15.5. The maximum atomic E-state index is 13.5. The van der Waals surface area contributed by atoms with Crippen LogP contribution in [-0.4, -0.2) is 23.6 Å². The molecule has 112 valence electrons. The van der Waals surface area contributed by atoms with Crippen molar-refractivity contribution in [2.75, 3.05) is 13.6 Å². The Kier molecular flexibility index (Phi) is 4.98. The summed E-state index contributed by atoms with van der Waals surface area (Å²) in [6, 6.07) is 9.65. The number of hydrogen-bond acceptors (Lipinski definition) is 2. The topological polar surface area (TPSA) is 23.5 Å². The lowest BCUT2D eigenvalue weighted by molar-refractivity contribution is 0.123. The molecule has 2 nitrogen and oxygen atoms in total. The molecule has 0 saturated heterocycles. The summed E-state index contributed by atoms with van der Waals surface area (Å²) in [5.41, 5.74) is 0.798. The van der Waals surface area contributed by atoms with Gasteiger partial charge >= 0.3 is 0 Å². The molecule has 0 spiro atoms. The van der Waals surface area contributed by atoms with Crippen LogP contribution in [0.25, 0.3) is 0 Å². The number of aliphatic hydroxyl groups excluding tert-OH is 1. The zero-order chi connectivity index (χ0) is 15.4. The van der Waals surface area contributed by atoms with E-state index in [9.17, 15) is 18.3 Å². The van der Waals surface area contributed by atoms with Gasteiger partial charge in [0.2, 0.25) is 0 Å². The summed E-state index contributed by atoms with van der Waals surface area (Å²) in [6.45, 7) is 0.493. The van der Waals surface area contributed by atoms with Gasteiger partial charge in [0.15, 0.2) is 11.6 Å². The van der Waals surface area contributed by atoms with E-state index < -0.39 is 17.7 Å². The molecule has 5 heteroatoms. The van der Waals surface area contributed by atoms with E-state index in [1.807, 2.05) is 0 Å². The molecule has 1 atom stereocenters. The highest BCUT2D eigenvalue weighted by molar-refractivity contribution is 5.21. The van der Waals surface area contributed by atoms with Gasteiger partial charge in [-0.2, -0.15) is 0 Å². The lowest BCUT2D eigenvalue weighted by Gasteiger charge is -2.21. The largest absolute Gasteiger partial charge is 0.387 e. The predicted molar refractivity (Wildman–Crippen MR) is 74.1 cm³/mol. The summed E-state index contributed by atoms with van der Waals surface area (Å²) in [4.78, 5) is 1.71. The zero-order valence-electron chi connectivity index (χ0n) is 11.6. The third-order valence-corrected chi connectivity index (χ3v) is 3.21. The van der Waals surface area contributed by atoms with Crippen LogP contribution in [0, 0.1) is 17.5 Å². The first-order valence-electron chi connectivity index (χ1n) is 6.52. The van der Waals surface area contributed by atoms with Crippen LogP contribution in [0.1, 0.15) is 17.2 Å². The Balaban J connectivity index is 2.00. The van der Waals surface area contributed by atoms with Gasteiger partial charge in [-0.15, -0.1) is 0 Å². The fraction of sp³-hybridized carbons (Fsp3) is 0.250. The lowest BCUT2D eigenvalue weighted by Crippen LogP contribution is -2.24. The number of hydrogen-bond donors (Lipinski definition) is 1. The number of benzene rings is 2. The molecule has 2 aromatic carbocycles. The summed E-state index contributed by atoms with van der Waals surface area (Å²) >= 11 is 0. The zero-order valence-corrected chi connectivity index (χ0v) is 11.6. The first-order chi connectivity index (χ1) is 9.97. The van der Waals surface area contributed by atoms with Crippen molar-refractivity contribution in [1.29, 1.82) is 0 Å². The minimum Gasteiger partial charge on any atom is -0.387 e. The van der Waals surface area contributed by atoms with Crippen molar-refractivity contribution in [3.05, 3.63) is 71.0 Å². The molecule has 2 rings (SSSR count). The average Bonchev–Trinajstić information content (AvgIpc) is 2.44. The van der Waals surface area contributed by atoms with Crippen LogP contribution in [0.3, 0.4) is 0 Å². The van der Waals surface area contributed by atoms with E-state index >= 15 is 0 Å². The number of aliphatic hydroxyl groups is 1. The predicted octanol–water partition coefficient (Wildman–Crippen LogP) is 3.27. The molecule has 0 aromatic heterocycles. The minimum absolute atomic E-state index is 0.180. The van der Waals surface area contributed by atoms with Crippen molar-refractivity contribution in [3.8, 4) is 0 Å². The van der Waals surface area contributed by atoms with Gasteiger partial charge < -0.3 is 5.11 Å². The van der Waals surface area contributed by atoms with Crippen molar-refractivity contribution in [2.45, 2.75) is 12.6 Å². The van der Waals surface area contributed by atoms with Gasteiger partial charge in [0, 0.05) is 18.7 Å². The van der Waals surface area contributed by atoms with Crippen LogP contribution in [0.15, 0.2) is 42.5 Å². The molecule has 0 bridgehead atoms. The highest BCUT2D eigenvalue weighted by Crippen LogP contribution is 2.18. The Morgan fingerprint density at radius 2 is 1.71 bits per heavy atom. The molecular formula is C16H16F3NO. The number of likely N-dealkylation sites (N-methyl/N-ethyl adjacent to an activating group) is 1. The molecule has 1 unspecified atom stereocenters. The molecule has 21 heavy (non-hydrogen) atoms. The molecule has 0 aliphatic rings. The number of halogens is 3. The van der Waals surface area contributed by atoms with E-state index in [0.29, 0.717) is 12.1 Å². The van der Waals surface area contributed by atoms with Gasteiger partial charge in [0.1, 0.15) is 5.82 Å². The first-order valence-corrected chi connectivity index (χ1v) is 6.52. The summed E-state index contributed by atoms with van der Waals surface area (Å²) < 4.78 is 39.5. The normalized spacial score (nSPS) is 12.7. The standard InChI is InChI=1S/C16H16F3NO/c1-20(9-12-4-2-3-5-13(12)17)10-16(21)11-6-7-14(18)15(19)8-11/h2-8,16,21H,9-10H2,1H3.